The highest BCUT2D eigenvalue weighted by Crippen LogP contribution is 2.44. The molecule has 0 radical (unpaired) electrons. The molecule has 6 aromatic rings. The highest BCUT2D eigenvalue weighted by Gasteiger charge is 2.41. The number of halogens is 1. The number of hydrogen-bond acceptors (Lipinski definition) is 3. The molecule has 0 aliphatic rings. The van der Waals surface area contributed by atoms with Gasteiger partial charge in [-0.25, -0.2) is 4.68 Å². The number of aldehydes is 1. The van der Waals surface area contributed by atoms with E-state index < -0.39 is 5.54 Å². The lowest BCUT2D eigenvalue weighted by atomic mass is 9.77. The van der Waals surface area contributed by atoms with Gasteiger partial charge in [-0.3, -0.25) is 9.59 Å². The van der Waals surface area contributed by atoms with Gasteiger partial charge >= 0.3 is 0 Å². The van der Waals surface area contributed by atoms with Crippen LogP contribution in [0.3, 0.4) is 0 Å². The number of amides is 1. The Morgan fingerprint density at radius 1 is 0.814 bits per heavy atom. The first-order chi connectivity index (χ1) is 21.0. The minimum Gasteiger partial charge on any atom is -0.325 e. The Morgan fingerprint density at radius 3 is 1.79 bits per heavy atom. The molecular formula is C37H30BrN3O2. The monoisotopic (exact) mass is 627 g/mol. The summed E-state index contributed by atoms with van der Waals surface area (Å²) in [4.78, 5) is 25.6. The van der Waals surface area contributed by atoms with E-state index in [1.165, 1.54) is 0 Å². The van der Waals surface area contributed by atoms with Gasteiger partial charge in [0, 0.05) is 17.4 Å². The maximum atomic E-state index is 13.3. The number of carbonyl (C=O) groups excluding carboxylic acids is 2. The first kappa shape index (κ1) is 28.3. The van der Waals surface area contributed by atoms with Gasteiger partial charge < -0.3 is 5.32 Å². The highest BCUT2D eigenvalue weighted by molar-refractivity contribution is 9.10. The summed E-state index contributed by atoms with van der Waals surface area (Å²) in [5.74, 6) is -0.143. The van der Waals surface area contributed by atoms with E-state index in [-0.39, 0.29) is 18.2 Å². The number of fused-ring (bicyclic) bond motifs is 1. The molecule has 0 aliphatic carbocycles. The highest BCUT2D eigenvalue weighted by atomic mass is 79.9. The van der Waals surface area contributed by atoms with Crippen LogP contribution in [0.1, 0.15) is 51.9 Å². The summed E-state index contributed by atoms with van der Waals surface area (Å²) in [6.07, 6.45) is 1.06. The summed E-state index contributed by atoms with van der Waals surface area (Å²) in [6, 6.07) is 44.4. The molecular weight excluding hydrogens is 598 g/mol. The van der Waals surface area contributed by atoms with Gasteiger partial charge in [0.15, 0.2) is 6.29 Å². The Kier molecular flexibility index (Phi) is 8.03. The lowest BCUT2D eigenvalue weighted by molar-refractivity contribution is -0.116. The van der Waals surface area contributed by atoms with Crippen molar-refractivity contribution in [1.29, 1.82) is 0 Å². The maximum absolute atomic E-state index is 13.3. The fraction of sp³-hybridized carbons (Fsp3) is 0.108. The quantitative estimate of drug-likeness (QED) is 0.129. The molecule has 1 heterocycles. The fourth-order valence-corrected chi connectivity index (χ4v) is 6.36. The first-order valence-electron chi connectivity index (χ1n) is 14.2. The third kappa shape index (κ3) is 5.30. The summed E-state index contributed by atoms with van der Waals surface area (Å²) < 4.78 is 2.61. The van der Waals surface area contributed by atoms with E-state index in [1.54, 1.807) is 6.07 Å². The third-order valence-electron chi connectivity index (χ3n) is 7.96. The van der Waals surface area contributed by atoms with E-state index in [0.717, 1.165) is 39.4 Å². The van der Waals surface area contributed by atoms with Crippen LogP contribution < -0.4 is 5.32 Å². The molecule has 43 heavy (non-hydrogen) atoms. The Morgan fingerprint density at radius 2 is 1.30 bits per heavy atom. The van der Waals surface area contributed by atoms with Crippen molar-refractivity contribution in [2.24, 2.45) is 0 Å². The minimum atomic E-state index is -0.861. The summed E-state index contributed by atoms with van der Waals surface area (Å²) in [5.41, 5.74) is 4.88. The van der Waals surface area contributed by atoms with Gasteiger partial charge in [0.05, 0.1) is 11.2 Å². The van der Waals surface area contributed by atoms with Crippen molar-refractivity contribution in [3.8, 4) is 0 Å². The molecule has 5 aromatic carbocycles. The zero-order valence-electron chi connectivity index (χ0n) is 23.7. The number of nitrogens with one attached hydrogen (secondary N) is 1. The lowest BCUT2D eigenvalue weighted by Gasteiger charge is -2.37. The van der Waals surface area contributed by atoms with E-state index in [9.17, 15) is 9.59 Å². The lowest BCUT2D eigenvalue weighted by Crippen LogP contribution is -2.38. The predicted octanol–water partition coefficient (Wildman–Crippen LogP) is 8.58. The summed E-state index contributed by atoms with van der Waals surface area (Å²) in [7, 11) is 0. The van der Waals surface area contributed by atoms with E-state index in [4.69, 9.17) is 5.10 Å². The van der Waals surface area contributed by atoms with Crippen molar-refractivity contribution in [2.75, 3.05) is 5.32 Å². The smallest absolute Gasteiger partial charge is 0.224 e. The number of nitrogens with zero attached hydrogens (tertiary/aromatic N) is 2. The van der Waals surface area contributed by atoms with Crippen molar-refractivity contribution < 1.29 is 9.59 Å². The van der Waals surface area contributed by atoms with Crippen LogP contribution in [0.2, 0.25) is 0 Å². The van der Waals surface area contributed by atoms with Gasteiger partial charge in [-0.15, -0.1) is 0 Å². The van der Waals surface area contributed by atoms with Gasteiger partial charge in [-0.1, -0.05) is 128 Å². The number of carbonyl (C=O) groups is 2. The number of aromatic nitrogens is 2. The van der Waals surface area contributed by atoms with E-state index in [0.29, 0.717) is 15.9 Å². The zero-order valence-corrected chi connectivity index (χ0v) is 25.2. The second kappa shape index (κ2) is 12.2. The third-order valence-corrected chi connectivity index (χ3v) is 8.55. The van der Waals surface area contributed by atoms with E-state index in [1.807, 2.05) is 103 Å². The van der Waals surface area contributed by atoms with Crippen LogP contribution in [0.25, 0.3) is 10.9 Å². The fourth-order valence-electron chi connectivity index (χ4n) is 5.89. The standard InChI is InChI=1S/C37H30BrN3O2/c1-26(27-14-6-2-7-15-27)22-35(43)39-33-24-34-32(23-28(33)25-42)36(38)40-41(34)37(29-16-8-3-9-17-29,30-18-10-4-11-19-30)31-20-12-5-13-21-31/h2-21,23-26H,22H2,1H3,(H,39,43). The van der Waals surface area contributed by atoms with Crippen LogP contribution >= 0.6 is 15.9 Å². The van der Waals surface area contributed by atoms with Crippen molar-refractivity contribution in [1.82, 2.24) is 9.78 Å². The van der Waals surface area contributed by atoms with Crippen molar-refractivity contribution in [3.05, 3.63) is 166 Å². The average molecular weight is 629 g/mol. The van der Waals surface area contributed by atoms with Crippen molar-refractivity contribution in [2.45, 2.75) is 24.8 Å². The van der Waals surface area contributed by atoms with E-state index >= 15 is 0 Å². The normalized spacial score (nSPS) is 12.1. The second-order valence-electron chi connectivity index (χ2n) is 10.6. The average Bonchev–Trinajstić information content (AvgIpc) is 3.37. The summed E-state index contributed by atoms with van der Waals surface area (Å²) in [5, 5.41) is 8.88. The maximum Gasteiger partial charge on any atom is 0.224 e. The van der Waals surface area contributed by atoms with Crippen LogP contribution in [-0.2, 0) is 10.3 Å². The molecule has 1 aromatic heterocycles. The Balaban J connectivity index is 1.55. The topological polar surface area (TPSA) is 64.0 Å². The Hall–Kier alpha value is -4.81. The molecule has 1 N–H and O–H groups in total. The van der Waals surface area contributed by atoms with Gasteiger partial charge in [0.2, 0.25) is 5.91 Å². The zero-order chi connectivity index (χ0) is 29.8. The number of hydrogen-bond donors (Lipinski definition) is 1. The second-order valence-corrected chi connectivity index (χ2v) is 11.4. The van der Waals surface area contributed by atoms with Crippen LogP contribution in [0.15, 0.2) is 138 Å². The van der Waals surface area contributed by atoms with Crippen molar-refractivity contribution >= 4 is 44.7 Å². The molecule has 0 saturated carbocycles. The van der Waals surface area contributed by atoms with E-state index in [2.05, 4.69) is 57.6 Å². The molecule has 6 rings (SSSR count). The molecule has 6 heteroatoms. The number of benzene rings is 5. The van der Waals surface area contributed by atoms with Gasteiger partial charge in [-0.2, -0.15) is 5.10 Å². The summed E-state index contributed by atoms with van der Waals surface area (Å²) in [6.45, 7) is 2.03. The molecule has 1 amide bonds. The molecule has 1 unspecified atom stereocenters. The van der Waals surface area contributed by atoms with Gasteiger partial charge in [-0.05, 0) is 56.2 Å². The van der Waals surface area contributed by atoms with Gasteiger partial charge in [0.25, 0.3) is 0 Å². The number of anilines is 1. The molecule has 0 saturated heterocycles. The largest absolute Gasteiger partial charge is 0.325 e. The first-order valence-corrected chi connectivity index (χ1v) is 15.0. The molecule has 0 spiro atoms. The van der Waals surface area contributed by atoms with Crippen LogP contribution in [0.5, 0.6) is 0 Å². The Labute approximate surface area is 259 Å². The molecule has 5 nitrogen and oxygen atoms in total. The Bertz CT molecular complexity index is 1770. The van der Waals surface area contributed by atoms with Crippen LogP contribution in [0, 0.1) is 0 Å². The molecule has 0 fully saturated rings. The minimum absolute atomic E-state index is 0.0196. The van der Waals surface area contributed by atoms with Crippen molar-refractivity contribution in [3.63, 3.8) is 0 Å². The molecule has 0 aliphatic heterocycles. The molecule has 212 valence electrons. The van der Waals surface area contributed by atoms with Crippen LogP contribution in [-0.4, -0.2) is 22.0 Å². The number of rotatable bonds is 9. The predicted molar refractivity (Wildman–Crippen MR) is 176 cm³/mol. The molecule has 1 atom stereocenters. The SMILES string of the molecule is CC(CC(=O)Nc1cc2c(cc1C=O)c(Br)nn2C(c1ccccc1)(c1ccccc1)c1ccccc1)c1ccccc1. The van der Waals surface area contributed by atoms with Gasteiger partial charge in [0.1, 0.15) is 10.1 Å². The molecule has 0 bridgehead atoms. The van der Waals surface area contributed by atoms with Crippen LogP contribution in [0.4, 0.5) is 5.69 Å². The summed E-state index contributed by atoms with van der Waals surface area (Å²) >= 11 is 3.69.